The van der Waals surface area contributed by atoms with Gasteiger partial charge in [0.15, 0.2) is 0 Å². The number of aromatic nitrogens is 2. The van der Waals surface area contributed by atoms with Crippen LogP contribution in [-0.4, -0.2) is 36.3 Å². The molecule has 0 saturated carbocycles. The number of hydrogen-bond donors (Lipinski definition) is 0. The summed E-state index contributed by atoms with van der Waals surface area (Å²) in [5.74, 6) is 0.661. The standard InChI is InChI=1S/C19H16FN5O/c20-16-12-14(13-21)6-7-17(16)24-8-10-25(11-9-24)19-22-18(26-23-19)15-4-2-1-3-5-15/h1-7,12H,8-11H2. The summed E-state index contributed by atoms with van der Waals surface area (Å²) in [6.07, 6.45) is 0. The Balaban J connectivity index is 1.44. The van der Waals surface area contributed by atoms with E-state index in [1.807, 2.05) is 46.2 Å². The Bertz CT molecular complexity index is 942. The van der Waals surface area contributed by atoms with Crippen molar-refractivity contribution in [1.82, 2.24) is 10.1 Å². The second-order valence-corrected chi connectivity index (χ2v) is 6.02. The van der Waals surface area contributed by atoms with Gasteiger partial charge in [-0.05, 0) is 35.5 Å². The van der Waals surface area contributed by atoms with E-state index in [4.69, 9.17) is 9.78 Å². The third-order valence-corrected chi connectivity index (χ3v) is 4.42. The van der Waals surface area contributed by atoms with Crippen molar-refractivity contribution in [2.75, 3.05) is 36.0 Å². The fraction of sp³-hybridized carbons (Fsp3) is 0.211. The molecule has 2 heterocycles. The zero-order valence-corrected chi connectivity index (χ0v) is 14.0. The maximum Gasteiger partial charge on any atom is 0.266 e. The van der Waals surface area contributed by atoms with Crippen LogP contribution in [0, 0.1) is 17.1 Å². The number of piperazine rings is 1. The Hall–Kier alpha value is -3.40. The zero-order valence-electron chi connectivity index (χ0n) is 14.0. The van der Waals surface area contributed by atoms with Crippen LogP contribution >= 0.6 is 0 Å². The molecular formula is C19H16FN5O. The maximum absolute atomic E-state index is 14.2. The van der Waals surface area contributed by atoms with Crippen LogP contribution in [0.1, 0.15) is 5.56 Å². The number of rotatable bonds is 3. The van der Waals surface area contributed by atoms with Gasteiger partial charge in [0.2, 0.25) is 0 Å². The summed E-state index contributed by atoms with van der Waals surface area (Å²) in [5, 5.41) is 12.9. The van der Waals surface area contributed by atoms with E-state index in [9.17, 15) is 4.39 Å². The second-order valence-electron chi connectivity index (χ2n) is 6.02. The molecule has 1 aromatic heterocycles. The predicted octanol–water partition coefficient (Wildman–Crippen LogP) is 3.07. The quantitative estimate of drug-likeness (QED) is 0.724. The highest BCUT2D eigenvalue weighted by atomic mass is 19.1. The molecule has 7 heteroatoms. The van der Waals surface area contributed by atoms with Crippen LogP contribution in [0.5, 0.6) is 0 Å². The van der Waals surface area contributed by atoms with Gasteiger partial charge in [-0.25, -0.2) is 4.39 Å². The lowest BCUT2D eigenvalue weighted by Crippen LogP contribution is -2.47. The Morgan fingerprint density at radius 3 is 2.42 bits per heavy atom. The van der Waals surface area contributed by atoms with Gasteiger partial charge in [-0.2, -0.15) is 10.2 Å². The number of benzene rings is 2. The molecule has 0 bridgehead atoms. The molecule has 4 rings (SSSR count). The first kappa shape index (κ1) is 16.1. The summed E-state index contributed by atoms with van der Waals surface area (Å²) in [5.41, 5.74) is 1.72. The summed E-state index contributed by atoms with van der Waals surface area (Å²) in [6.45, 7) is 2.59. The van der Waals surface area contributed by atoms with Crippen LogP contribution < -0.4 is 9.80 Å². The highest BCUT2D eigenvalue weighted by Crippen LogP contribution is 2.24. The van der Waals surface area contributed by atoms with E-state index in [0.717, 1.165) is 5.56 Å². The topological polar surface area (TPSA) is 69.2 Å². The lowest BCUT2D eigenvalue weighted by molar-refractivity contribution is 0.428. The average molecular weight is 349 g/mol. The Morgan fingerprint density at radius 1 is 1.00 bits per heavy atom. The minimum atomic E-state index is -0.372. The molecule has 130 valence electrons. The summed E-state index contributed by atoms with van der Waals surface area (Å²) < 4.78 is 19.5. The first-order valence-electron chi connectivity index (χ1n) is 8.33. The van der Waals surface area contributed by atoms with E-state index in [1.54, 1.807) is 12.1 Å². The molecule has 0 spiro atoms. The molecule has 0 aliphatic carbocycles. The molecule has 1 aliphatic rings. The van der Waals surface area contributed by atoms with Crippen LogP contribution in [0.4, 0.5) is 16.0 Å². The Morgan fingerprint density at radius 2 is 1.73 bits per heavy atom. The molecule has 1 fully saturated rings. The first-order valence-corrected chi connectivity index (χ1v) is 8.33. The fourth-order valence-corrected chi connectivity index (χ4v) is 3.02. The first-order chi connectivity index (χ1) is 12.7. The molecule has 6 nitrogen and oxygen atoms in total. The summed E-state index contributed by atoms with van der Waals surface area (Å²) in [4.78, 5) is 8.45. The van der Waals surface area contributed by atoms with E-state index in [2.05, 4.69) is 10.1 Å². The van der Waals surface area contributed by atoms with Gasteiger partial charge in [0.1, 0.15) is 5.82 Å². The van der Waals surface area contributed by atoms with Crippen molar-refractivity contribution in [2.24, 2.45) is 0 Å². The molecular weight excluding hydrogens is 333 g/mol. The molecule has 1 saturated heterocycles. The molecule has 0 unspecified atom stereocenters. The smallest absolute Gasteiger partial charge is 0.266 e. The number of nitriles is 1. The van der Waals surface area contributed by atoms with Gasteiger partial charge < -0.3 is 14.3 Å². The molecule has 0 amide bonds. The summed E-state index contributed by atoms with van der Waals surface area (Å²) in [6, 6.07) is 16.1. The van der Waals surface area contributed by atoms with Crippen molar-refractivity contribution < 1.29 is 8.91 Å². The van der Waals surface area contributed by atoms with Gasteiger partial charge in [0.05, 0.1) is 17.3 Å². The molecule has 26 heavy (non-hydrogen) atoms. The van der Waals surface area contributed by atoms with E-state index in [1.165, 1.54) is 6.07 Å². The lowest BCUT2D eigenvalue weighted by atomic mass is 10.2. The molecule has 3 aromatic rings. The van der Waals surface area contributed by atoms with Crippen molar-refractivity contribution in [3.05, 3.63) is 59.9 Å². The minimum Gasteiger partial charge on any atom is -0.366 e. The summed E-state index contributed by atoms with van der Waals surface area (Å²) in [7, 11) is 0. The number of hydrogen-bond acceptors (Lipinski definition) is 6. The molecule has 0 atom stereocenters. The molecule has 0 N–H and O–H groups in total. The van der Waals surface area contributed by atoms with Crippen LogP contribution in [0.15, 0.2) is 53.1 Å². The second kappa shape index (κ2) is 6.84. The van der Waals surface area contributed by atoms with E-state index in [0.29, 0.717) is 49.3 Å². The van der Waals surface area contributed by atoms with Crippen molar-refractivity contribution in [3.8, 4) is 17.5 Å². The van der Waals surface area contributed by atoms with E-state index in [-0.39, 0.29) is 5.82 Å². The van der Waals surface area contributed by atoms with E-state index < -0.39 is 0 Å². The Kier molecular flexibility index (Phi) is 4.23. The average Bonchev–Trinajstić information content (AvgIpc) is 3.19. The molecule has 0 radical (unpaired) electrons. The van der Waals surface area contributed by atoms with Gasteiger partial charge in [0.25, 0.3) is 11.8 Å². The normalized spacial score (nSPS) is 14.3. The lowest BCUT2D eigenvalue weighted by Gasteiger charge is -2.35. The van der Waals surface area contributed by atoms with Crippen LogP contribution in [0.2, 0.25) is 0 Å². The van der Waals surface area contributed by atoms with Crippen molar-refractivity contribution in [3.63, 3.8) is 0 Å². The van der Waals surface area contributed by atoms with Gasteiger partial charge >= 0.3 is 0 Å². The number of anilines is 2. The van der Waals surface area contributed by atoms with E-state index >= 15 is 0 Å². The molecule has 2 aromatic carbocycles. The maximum atomic E-state index is 14.2. The van der Waals surface area contributed by atoms with Crippen LogP contribution in [0.3, 0.4) is 0 Å². The van der Waals surface area contributed by atoms with Gasteiger partial charge in [-0.3, -0.25) is 0 Å². The van der Waals surface area contributed by atoms with Gasteiger partial charge in [0, 0.05) is 31.7 Å². The Labute approximate surface area is 150 Å². The predicted molar refractivity (Wildman–Crippen MR) is 95.3 cm³/mol. The van der Waals surface area contributed by atoms with Crippen LogP contribution in [0.25, 0.3) is 11.5 Å². The monoisotopic (exact) mass is 349 g/mol. The zero-order chi connectivity index (χ0) is 17.9. The van der Waals surface area contributed by atoms with Crippen molar-refractivity contribution >= 4 is 11.6 Å². The van der Waals surface area contributed by atoms with Crippen LogP contribution in [-0.2, 0) is 0 Å². The van der Waals surface area contributed by atoms with Gasteiger partial charge in [-0.15, -0.1) is 0 Å². The number of halogens is 1. The number of nitrogens with zero attached hydrogens (tertiary/aromatic N) is 5. The van der Waals surface area contributed by atoms with Crippen molar-refractivity contribution in [2.45, 2.75) is 0 Å². The third-order valence-electron chi connectivity index (χ3n) is 4.42. The molecule has 1 aliphatic heterocycles. The van der Waals surface area contributed by atoms with Gasteiger partial charge in [-0.1, -0.05) is 18.2 Å². The fourth-order valence-electron chi connectivity index (χ4n) is 3.02. The summed E-state index contributed by atoms with van der Waals surface area (Å²) >= 11 is 0. The highest BCUT2D eigenvalue weighted by Gasteiger charge is 2.23. The van der Waals surface area contributed by atoms with Crippen molar-refractivity contribution in [1.29, 1.82) is 5.26 Å². The largest absolute Gasteiger partial charge is 0.366 e. The third kappa shape index (κ3) is 3.09. The highest BCUT2D eigenvalue weighted by molar-refractivity contribution is 5.55. The SMILES string of the molecule is N#Cc1ccc(N2CCN(c3noc(-c4ccccc4)n3)CC2)c(F)c1. The minimum absolute atomic E-state index is 0.324.